The number of hydrogen-bond acceptors (Lipinski definition) is 2. The van der Waals surface area contributed by atoms with E-state index in [1.807, 2.05) is 0 Å². The van der Waals surface area contributed by atoms with Crippen LogP contribution >= 0.6 is 0 Å². The zero-order valence-electron chi connectivity index (χ0n) is 13.7. The first-order chi connectivity index (χ1) is 8.21. The fourth-order valence-corrected chi connectivity index (χ4v) is 2.15. The number of ether oxygens (including phenoxy) is 1. The minimum atomic E-state index is 0.402. The molecule has 0 aromatic carbocycles. The van der Waals surface area contributed by atoms with Crippen molar-refractivity contribution < 1.29 is 4.74 Å². The molecule has 18 heavy (non-hydrogen) atoms. The first kappa shape index (κ1) is 17.9. The summed E-state index contributed by atoms with van der Waals surface area (Å²) < 4.78 is 5.08. The van der Waals surface area contributed by atoms with Crippen molar-refractivity contribution in [2.24, 2.45) is 16.7 Å². The second-order valence-corrected chi connectivity index (χ2v) is 7.39. The second kappa shape index (κ2) is 8.16. The Kier molecular flexibility index (Phi) is 8.13. The van der Waals surface area contributed by atoms with Crippen LogP contribution in [0.25, 0.3) is 0 Å². The monoisotopic (exact) mass is 257 g/mol. The molecule has 0 aromatic rings. The van der Waals surface area contributed by atoms with Gasteiger partial charge in [-0.3, -0.25) is 0 Å². The van der Waals surface area contributed by atoms with Gasteiger partial charge in [-0.05, 0) is 29.6 Å². The lowest BCUT2D eigenvalue weighted by Crippen LogP contribution is -2.37. The standard InChI is InChI=1S/C16H35NO/c1-14(2)16(6,13-17-11-12-18-7)10-8-9-15(3,4)5/h14,17H,8-13H2,1-7H3. The van der Waals surface area contributed by atoms with E-state index in [0.29, 0.717) is 16.7 Å². The van der Waals surface area contributed by atoms with Gasteiger partial charge in [-0.15, -0.1) is 0 Å². The quantitative estimate of drug-likeness (QED) is 0.628. The summed E-state index contributed by atoms with van der Waals surface area (Å²) in [6.07, 6.45) is 3.94. The molecule has 0 aromatic heterocycles. The third-order valence-corrected chi connectivity index (χ3v) is 4.08. The third-order valence-electron chi connectivity index (χ3n) is 4.08. The Hall–Kier alpha value is -0.0800. The van der Waals surface area contributed by atoms with E-state index in [-0.39, 0.29) is 0 Å². The number of rotatable bonds is 9. The van der Waals surface area contributed by atoms with Crippen molar-refractivity contribution in [3.63, 3.8) is 0 Å². The van der Waals surface area contributed by atoms with Crippen LogP contribution in [0, 0.1) is 16.7 Å². The van der Waals surface area contributed by atoms with Crippen LogP contribution in [-0.2, 0) is 4.74 Å². The molecule has 0 heterocycles. The summed E-state index contributed by atoms with van der Waals surface area (Å²) in [4.78, 5) is 0. The molecule has 0 saturated carbocycles. The fraction of sp³-hybridized carbons (Fsp3) is 1.00. The molecule has 2 nitrogen and oxygen atoms in total. The molecule has 0 aliphatic heterocycles. The van der Waals surface area contributed by atoms with Crippen LogP contribution in [-0.4, -0.2) is 26.8 Å². The summed E-state index contributed by atoms with van der Waals surface area (Å²) in [6, 6.07) is 0. The van der Waals surface area contributed by atoms with Crippen molar-refractivity contribution in [1.82, 2.24) is 5.32 Å². The molecule has 0 amide bonds. The molecule has 2 heteroatoms. The molecule has 1 N–H and O–H groups in total. The van der Waals surface area contributed by atoms with E-state index in [1.165, 1.54) is 19.3 Å². The zero-order chi connectivity index (χ0) is 14.2. The van der Waals surface area contributed by atoms with Crippen molar-refractivity contribution in [3.05, 3.63) is 0 Å². The maximum absolute atomic E-state index is 5.08. The van der Waals surface area contributed by atoms with Crippen LogP contribution < -0.4 is 5.32 Å². The zero-order valence-corrected chi connectivity index (χ0v) is 13.7. The van der Waals surface area contributed by atoms with Gasteiger partial charge in [-0.25, -0.2) is 0 Å². The molecule has 0 aliphatic rings. The molecule has 0 rings (SSSR count). The van der Waals surface area contributed by atoms with E-state index in [1.54, 1.807) is 7.11 Å². The summed E-state index contributed by atoms with van der Waals surface area (Å²) >= 11 is 0. The van der Waals surface area contributed by atoms with E-state index in [0.717, 1.165) is 19.7 Å². The van der Waals surface area contributed by atoms with Gasteiger partial charge in [0.15, 0.2) is 0 Å². The van der Waals surface area contributed by atoms with Gasteiger partial charge < -0.3 is 10.1 Å². The summed E-state index contributed by atoms with van der Waals surface area (Å²) in [6.45, 7) is 16.9. The molecule has 0 radical (unpaired) electrons. The summed E-state index contributed by atoms with van der Waals surface area (Å²) in [5, 5.41) is 3.53. The Labute approximate surface area is 115 Å². The van der Waals surface area contributed by atoms with Crippen LogP contribution in [0.4, 0.5) is 0 Å². The predicted molar refractivity (Wildman–Crippen MR) is 81.0 cm³/mol. The van der Waals surface area contributed by atoms with Gasteiger partial charge in [-0.1, -0.05) is 48.0 Å². The van der Waals surface area contributed by atoms with E-state index in [4.69, 9.17) is 4.74 Å². The lowest BCUT2D eigenvalue weighted by atomic mass is 9.73. The van der Waals surface area contributed by atoms with Gasteiger partial charge in [0, 0.05) is 20.2 Å². The SMILES string of the molecule is COCCNCC(C)(CCCC(C)(C)C)C(C)C. The minimum absolute atomic E-state index is 0.402. The largest absolute Gasteiger partial charge is 0.383 e. The highest BCUT2D eigenvalue weighted by atomic mass is 16.5. The van der Waals surface area contributed by atoms with Gasteiger partial charge in [0.25, 0.3) is 0 Å². The molecule has 1 atom stereocenters. The molecule has 110 valence electrons. The van der Waals surface area contributed by atoms with Gasteiger partial charge in [-0.2, -0.15) is 0 Å². The maximum atomic E-state index is 5.08. The van der Waals surface area contributed by atoms with E-state index >= 15 is 0 Å². The van der Waals surface area contributed by atoms with Crippen LogP contribution in [0.3, 0.4) is 0 Å². The Bertz CT molecular complexity index is 208. The summed E-state index contributed by atoms with van der Waals surface area (Å²) in [5.41, 5.74) is 0.861. The number of hydrogen-bond donors (Lipinski definition) is 1. The fourth-order valence-electron chi connectivity index (χ4n) is 2.15. The topological polar surface area (TPSA) is 21.3 Å². The number of nitrogens with one attached hydrogen (secondary N) is 1. The van der Waals surface area contributed by atoms with Crippen LogP contribution in [0.2, 0.25) is 0 Å². The van der Waals surface area contributed by atoms with Gasteiger partial charge in [0.2, 0.25) is 0 Å². The maximum Gasteiger partial charge on any atom is 0.0587 e. The van der Waals surface area contributed by atoms with Crippen LogP contribution in [0.1, 0.15) is 60.8 Å². The van der Waals surface area contributed by atoms with Gasteiger partial charge in [0.1, 0.15) is 0 Å². The lowest BCUT2D eigenvalue weighted by Gasteiger charge is -2.35. The Morgan fingerprint density at radius 2 is 1.67 bits per heavy atom. The van der Waals surface area contributed by atoms with Crippen molar-refractivity contribution in [1.29, 1.82) is 0 Å². The van der Waals surface area contributed by atoms with Gasteiger partial charge >= 0.3 is 0 Å². The molecule has 0 bridgehead atoms. The highest BCUT2D eigenvalue weighted by molar-refractivity contribution is 4.81. The summed E-state index contributed by atoms with van der Waals surface area (Å²) in [7, 11) is 1.76. The van der Waals surface area contributed by atoms with Crippen molar-refractivity contribution in [2.45, 2.75) is 60.8 Å². The third kappa shape index (κ3) is 8.10. The predicted octanol–water partition coefficient (Wildman–Crippen LogP) is 4.10. The first-order valence-electron chi connectivity index (χ1n) is 7.41. The molecular formula is C16H35NO. The molecule has 0 fully saturated rings. The van der Waals surface area contributed by atoms with E-state index in [2.05, 4.69) is 46.9 Å². The van der Waals surface area contributed by atoms with E-state index in [9.17, 15) is 0 Å². The first-order valence-corrected chi connectivity index (χ1v) is 7.41. The smallest absolute Gasteiger partial charge is 0.0587 e. The molecule has 1 unspecified atom stereocenters. The lowest BCUT2D eigenvalue weighted by molar-refractivity contribution is 0.159. The van der Waals surface area contributed by atoms with Crippen molar-refractivity contribution >= 4 is 0 Å². The Balaban J connectivity index is 4.09. The summed E-state index contributed by atoms with van der Waals surface area (Å²) in [5.74, 6) is 0.715. The molecule has 0 saturated heterocycles. The van der Waals surface area contributed by atoms with Crippen LogP contribution in [0.5, 0.6) is 0 Å². The normalized spacial score (nSPS) is 16.0. The van der Waals surface area contributed by atoms with Crippen molar-refractivity contribution in [3.8, 4) is 0 Å². The second-order valence-electron chi connectivity index (χ2n) is 7.39. The van der Waals surface area contributed by atoms with Crippen molar-refractivity contribution in [2.75, 3.05) is 26.8 Å². The average Bonchev–Trinajstić information content (AvgIpc) is 2.22. The Morgan fingerprint density at radius 1 is 1.06 bits per heavy atom. The Morgan fingerprint density at radius 3 is 2.11 bits per heavy atom. The highest BCUT2D eigenvalue weighted by Crippen LogP contribution is 2.34. The molecule has 0 spiro atoms. The minimum Gasteiger partial charge on any atom is -0.383 e. The average molecular weight is 257 g/mol. The van der Waals surface area contributed by atoms with E-state index < -0.39 is 0 Å². The van der Waals surface area contributed by atoms with Crippen LogP contribution in [0.15, 0.2) is 0 Å². The molecular weight excluding hydrogens is 222 g/mol. The van der Waals surface area contributed by atoms with Gasteiger partial charge in [0.05, 0.1) is 6.61 Å². The highest BCUT2D eigenvalue weighted by Gasteiger charge is 2.28. The molecule has 0 aliphatic carbocycles. The number of methoxy groups -OCH3 is 1.